The van der Waals surface area contributed by atoms with Gasteiger partial charge >= 0.3 is 0 Å². The van der Waals surface area contributed by atoms with Gasteiger partial charge < -0.3 is 9.88 Å². The van der Waals surface area contributed by atoms with Crippen LogP contribution in [0.4, 0.5) is 5.69 Å². The van der Waals surface area contributed by atoms with Crippen LogP contribution < -0.4 is 5.32 Å². The number of halogens is 2. The summed E-state index contributed by atoms with van der Waals surface area (Å²) in [6.45, 7) is 2.74. The molecule has 27 heavy (non-hydrogen) atoms. The molecule has 7 heteroatoms. The highest BCUT2D eigenvalue weighted by Crippen LogP contribution is 2.24. The van der Waals surface area contributed by atoms with Crippen LogP contribution in [-0.4, -0.2) is 21.2 Å². The number of carbonyl (C=O) groups is 1. The van der Waals surface area contributed by atoms with Crippen LogP contribution in [0.1, 0.15) is 17.0 Å². The molecule has 140 valence electrons. The number of nitrogens with one attached hydrogen (secondary N) is 1. The van der Waals surface area contributed by atoms with Gasteiger partial charge in [0, 0.05) is 40.4 Å². The summed E-state index contributed by atoms with van der Waals surface area (Å²) in [5.74, 6) is 1.95. The van der Waals surface area contributed by atoms with E-state index in [1.54, 1.807) is 18.3 Å². The van der Waals surface area contributed by atoms with Gasteiger partial charge in [-0.25, -0.2) is 4.98 Å². The second kappa shape index (κ2) is 9.31. The highest BCUT2D eigenvalue weighted by Gasteiger charge is 2.06. The summed E-state index contributed by atoms with van der Waals surface area (Å²) in [5, 5.41) is 4.15. The molecular weight excluding hydrogens is 401 g/mol. The third-order valence-corrected chi connectivity index (χ3v) is 5.59. The molecule has 1 amide bonds. The maximum absolute atomic E-state index is 12.1. The van der Waals surface area contributed by atoms with Crippen molar-refractivity contribution in [2.45, 2.75) is 19.2 Å². The van der Waals surface area contributed by atoms with Crippen molar-refractivity contribution in [3.63, 3.8) is 0 Å². The lowest BCUT2D eigenvalue weighted by molar-refractivity contribution is -0.113. The van der Waals surface area contributed by atoms with Crippen molar-refractivity contribution >= 4 is 46.6 Å². The van der Waals surface area contributed by atoms with Crippen LogP contribution in [0.25, 0.3) is 0 Å². The number of benzene rings is 2. The first kappa shape index (κ1) is 19.8. The number of anilines is 1. The molecule has 4 nitrogen and oxygen atoms in total. The van der Waals surface area contributed by atoms with Crippen LogP contribution in [0.5, 0.6) is 0 Å². The molecule has 0 radical (unpaired) electrons. The maximum Gasteiger partial charge on any atom is 0.234 e. The zero-order valence-corrected chi connectivity index (χ0v) is 17.1. The van der Waals surface area contributed by atoms with Crippen LogP contribution in [0.2, 0.25) is 10.0 Å². The van der Waals surface area contributed by atoms with E-state index < -0.39 is 0 Å². The molecule has 1 heterocycles. The molecule has 0 atom stereocenters. The Kier molecular flexibility index (Phi) is 6.83. The second-order valence-electron chi connectivity index (χ2n) is 6.08. The summed E-state index contributed by atoms with van der Waals surface area (Å²) in [4.78, 5) is 16.3. The van der Waals surface area contributed by atoms with Crippen molar-refractivity contribution in [2.75, 3.05) is 11.1 Å². The van der Waals surface area contributed by atoms with Crippen LogP contribution in [0.3, 0.4) is 0 Å². The molecule has 0 fully saturated rings. The zero-order valence-electron chi connectivity index (χ0n) is 14.8. The number of nitrogens with zero attached hydrogens (tertiary/aromatic N) is 2. The second-order valence-corrected chi connectivity index (χ2v) is 7.91. The molecule has 0 aliphatic rings. The number of carbonyl (C=O) groups excluding carboxylic acids is 1. The third kappa shape index (κ3) is 5.76. The van der Waals surface area contributed by atoms with Crippen LogP contribution in [0.15, 0.2) is 54.9 Å². The number of imidazole rings is 1. The Bertz CT molecular complexity index is 925. The lowest BCUT2D eigenvalue weighted by Gasteiger charge is -2.09. The summed E-state index contributed by atoms with van der Waals surface area (Å²) in [7, 11) is 0. The van der Waals surface area contributed by atoms with E-state index in [4.69, 9.17) is 23.2 Å². The molecule has 0 saturated heterocycles. The molecule has 0 spiro atoms. The zero-order chi connectivity index (χ0) is 19.2. The minimum absolute atomic E-state index is 0.0386. The maximum atomic E-state index is 12.1. The molecule has 2 aromatic carbocycles. The van der Waals surface area contributed by atoms with Crippen LogP contribution in [-0.2, 0) is 17.1 Å². The number of hydrogen-bond donors (Lipinski definition) is 1. The molecule has 0 unspecified atom stereocenters. The summed E-state index contributed by atoms with van der Waals surface area (Å²) < 4.78 is 2.08. The minimum Gasteiger partial charge on any atom is -0.331 e. The predicted molar refractivity (Wildman–Crippen MR) is 114 cm³/mol. The molecule has 0 aliphatic carbocycles. The van der Waals surface area contributed by atoms with Gasteiger partial charge in [-0.3, -0.25) is 4.79 Å². The number of aryl methyl sites for hydroxylation is 1. The Hall–Kier alpha value is -1.95. The lowest BCUT2D eigenvalue weighted by atomic mass is 10.2. The topological polar surface area (TPSA) is 46.9 Å². The van der Waals surface area contributed by atoms with E-state index in [0.717, 1.165) is 29.2 Å². The van der Waals surface area contributed by atoms with Gasteiger partial charge in [0.25, 0.3) is 0 Å². The standard InChI is InChI=1S/C20H19Cl2N3OS/c1-14-23-8-9-25(14)11-15-2-6-18(7-3-15)24-20(26)13-27-12-16-4-5-17(21)10-19(16)22/h2-10H,11-13H2,1H3,(H,24,26). The van der Waals surface area contributed by atoms with E-state index in [1.165, 1.54) is 11.8 Å². The van der Waals surface area contributed by atoms with Gasteiger partial charge in [-0.15, -0.1) is 11.8 Å². The first-order chi connectivity index (χ1) is 13.0. The van der Waals surface area contributed by atoms with Crippen molar-refractivity contribution in [3.8, 4) is 0 Å². The molecule has 3 aromatic rings. The van der Waals surface area contributed by atoms with Crippen molar-refractivity contribution in [1.82, 2.24) is 9.55 Å². The highest BCUT2D eigenvalue weighted by atomic mass is 35.5. The van der Waals surface area contributed by atoms with Crippen molar-refractivity contribution < 1.29 is 4.79 Å². The van der Waals surface area contributed by atoms with Crippen LogP contribution >= 0.6 is 35.0 Å². The normalized spacial score (nSPS) is 10.8. The van der Waals surface area contributed by atoms with E-state index in [9.17, 15) is 4.79 Å². The fourth-order valence-electron chi connectivity index (χ4n) is 2.55. The number of rotatable bonds is 7. The average molecular weight is 420 g/mol. The van der Waals surface area contributed by atoms with Crippen molar-refractivity contribution in [3.05, 3.63) is 81.9 Å². The summed E-state index contributed by atoms with van der Waals surface area (Å²) in [5.41, 5.74) is 2.91. The first-order valence-electron chi connectivity index (χ1n) is 8.39. The summed E-state index contributed by atoms with van der Waals surface area (Å²) >= 11 is 13.5. The van der Waals surface area contributed by atoms with Crippen molar-refractivity contribution in [1.29, 1.82) is 0 Å². The quantitative estimate of drug-likeness (QED) is 0.555. The van der Waals surface area contributed by atoms with E-state index in [-0.39, 0.29) is 5.91 Å². The number of hydrogen-bond acceptors (Lipinski definition) is 3. The minimum atomic E-state index is -0.0386. The number of aromatic nitrogens is 2. The molecule has 0 saturated carbocycles. The largest absolute Gasteiger partial charge is 0.331 e. The number of amides is 1. The fourth-order valence-corrected chi connectivity index (χ4v) is 3.94. The van der Waals surface area contributed by atoms with E-state index in [0.29, 0.717) is 21.6 Å². The summed E-state index contributed by atoms with van der Waals surface area (Å²) in [6.07, 6.45) is 3.74. The number of thioether (sulfide) groups is 1. The fraction of sp³-hybridized carbons (Fsp3) is 0.200. The first-order valence-corrected chi connectivity index (χ1v) is 10.3. The van der Waals surface area contributed by atoms with Gasteiger partial charge in [-0.2, -0.15) is 0 Å². The Morgan fingerprint density at radius 2 is 1.96 bits per heavy atom. The van der Waals surface area contributed by atoms with Crippen molar-refractivity contribution in [2.24, 2.45) is 0 Å². The van der Waals surface area contributed by atoms with Gasteiger partial charge in [0.1, 0.15) is 5.82 Å². The Balaban J connectivity index is 1.47. The Labute approximate surface area is 172 Å². The van der Waals surface area contributed by atoms with E-state index in [2.05, 4.69) is 14.9 Å². The van der Waals surface area contributed by atoms with E-state index >= 15 is 0 Å². The smallest absolute Gasteiger partial charge is 0.234 e. The van der Waals surface area contributed by atoms with Gasteiger partial charge in [0.05, 0.1) is 5.75 Å². The van der Waals surface area contributed by atoms with Gasteiger partial charge in [-0.05, 0) is 42.3 Å². The molecular formula is C20H19Cl2N3OS. The molecule has 0 bridgehead atoms. The third-order valence-electron chi connectivity index (χ3n) is 4.02. The van der Waals surface area contributed by atoms with Gasteiger partial charge in [-0.1, -0.05) is 41.4 Å². The van der Waals surface area contributed by atoms with Crippen LogP contribution in [0, 0.1) is 6.92 Å². The molecule has 1 N–H and O–H groups in total. The molecule has 3 rings (SSSR count). The SMILES string of the molecule is Cc1nccn1Cc1ccc(NC(=O)CSCc2ccc(Cl)cc2Cl)cc1. The molecule has 1 aromatic heterocycles. The highest BCUT2D eigenvalue weighted by molar-refractivity contribution is 7.99. The summed E-state index contributed by atoms with van der Waals surface area (Å²) in [6, 6.07) is 13.3. The Morgan fingerprint density at radius 1 is 1.19 bits per heavy atom. The average Bonchev–Trinajstić information content (AvgIpc) is 3.03. The van der Waals surface area contributed by atoms with Gasteiger partial charge in [0.15, 0.2) is 0 Å². The monoisotopic (exact) mass is 419 g/mol. The van der Waals surface area contributed by atoms with Gasteiger partial charge in [0.2, 0.25) is 5.91 Å². The predicted octanol–water partition coefficient (Wildman–Crippen LogP) is 5.42. The Morgan fingerprint density at radius 3 is 2.63 bits per heavy atom. The lowest BCUT2D eigenvalue weighted by Crippen LogP contribution is -2.14. The molecule has 0 aliphatic heterocycles. The van der Waals surface area contributed by atoms with E-state index in [1.807, 2.05) is 43.5 Å².